The van der Waals surface area contributed by atoms with Crippen molar-refractivity contribution in [2.45, 2.75) is 19.4 Å². The van der Waals surface area contributed by atoms with Crippen molar-refractivity contribution >= 4 is 17.6 Å². The fourth-order valence-corrected chi connectivity index (χ4v) is 2.14. The van der Waals surface area contributed by atoms with Gasteiger partial charge in [-0.25, -0.2) is 0 Å². The molecule has 22 heavy (non-hydrogen) atoms. The lowest BCUT2D eigenvalue weighted by molar-refractivity contribution is -0.131. The summed E-state index contributed by atoms with van der Waals surface area (Å²) >= 11 is 0. The molecule has 2 rings (SSSR count). The van der Waals surface area contributed by atoms with E-state index in [9.17, 15) is 9.59 Å². The molecule has 0 bridgehead atoms. The maximum atomic E-state index is 11.9. The topological polar surface area (TPSA) is 87.7 Å². The Kier molecular flexibility index (Phi) is 5.13. The molecule has 1 N–H and O–H groups in total. The van der Waals surface area contributed by atoms with Crippen molar-refractivity contribution in [1.29, 1.82) is 0 Å². The van der Waals surface area contributed by atoms with E-state index < -0.39 is 0 Å². The number of likely N-dealkylation sites (tertiary alicyclic amines) is 1. The van der Waals surface area contributed by atoms with Crippen molar-refractivity contribution in [2.24, 2.45) is 0 Å². The lowest BCUT2D eigenvalue weighted by Crippen LogP contribution is -2.39. The molecule has 0 aromatic carbocycles. The highest BCUT2D eigenvalue weighted by atomic mass is 16.5. The van der Waals surface area contributed by atoms with E-state index in [1.54, 1.807) is 17.3 Å². The van der Waals surface area contributed by atoms with Crippen LogP contribution < -0.4 is 15.0 Å². The van der Waals surface area contributed by atoms with E-state index in [4.69, 9.17) is 4.74 Å². The molecule has 1 aromatic heterocycles. The summed E-state index contributed by atoms with van der Waals surface area (Å²) in [6.45, 7) is 2.52. The highest BCUT2D eigenvalue weighted by Gasteiger charge is 2.27. The van der Waals surface area contributed by atoms with Crippen LogP contribution in [0.4, 0.5) is 5.82 Å². The van der Waals surface area contributed by atoms with Crippen LogP contribution >= 0.6 is 0 Å². The molecule has 8 heteroatoms. The van der Waals surface area contributed by atoms with Gasteiger partial charge in [0.2, 0.25) is 17.7 Å². The van der Waals surface area contributed by atoms with Gasteiger partial charge in [-0.05, 0) is 0 Å². The number of amides is 2. The van der Waals surface area contributed by atoms with Gasteiger partial charge in [0.1, 0.15) is 6.10 Å². The molecule has 0 spiro atoms. The third-order valence-corrected chi connectivity index (χ3v) is 3.33. The van der Waals surface area contributed by atoms with Gasteiger partial charge in [-0.1, -0.05) is 0 Å². The van der Waals surface area contributed by atoms with Gasteiger partial charge in [-0.3, -0.25) is 14.6 Å². The van der Waals surface area contributed by atoms with Gasteiger partial charge >= 0.3 is 0 Å². The number of nitrogens with zero attached hydrogens (tertiary/aromatic N) is 4. The number of carbonyl (C=O) groups is 2. The van der Waals surface area contributed by atoms with Gasteiger partial charge in [0.15, 0.2) is 5.82 Å². The van der Waals surface area contributed by atoms with Gasteiger partial charge in [-0.15, -0.1) is 0 Å². The number of carbonyl (C=O) groups excluding carboxylic acids is 2. The highest BCUT2D eigenvalue weighted by molar-refractivity contribution is 5.83. The smallest absolute Gasteiger partial charge is 0.242 e. The van der Waals surface area contributed by atoms with Crippen molar-refractivity contribution in [2.75, 3.05) is 38.6 Å². The van der Waals surface area contributed by atoms with Crippen LogP contribution in [0.15, 0.2) is 12.4 Å². The minimum absolute atomic E-state index is 0.0258. The van der Waals surface area contributed by atoms with Crippen molar-refractivity contribution in [3.05, 3.63) is 12.4 Å². The average molecular weight is 307 g/mol. The summed E-state index contributed by atoms with van der Waals surface area (Å²) in [6, 6.07) is 0. The first kappa shape index (κ1) is 16.0. The first-order chi connectivity index (χ1) is 10.5. The molecule has 1 atom stereocenters. The van der Waals surface area contributed by atoms with Crippen LogP contribution in [0.5, 0.6) is 5.88 Å². The minimum Gasteiger partial charge on any atom is -0.471 e. The van der Waals surface area contributed by atoms with E-state index in [0.29, 0.717) is 24.8 Å². The zero-order chi connectivity index (χ0) is 16.1. The highest BCUT2D eigenvalue weighted by Crippen LogP contribution is 2.18. The maximum absolute atomic E-state index is 11.9. The van der Waals surface area contributed by atoms with E-state index in [-0.39, 0.29) is 24.5 Å². The molecule has 120 valence electrons. The molecule has 0 aliphatic carbocycles. The van der Waals surface area contributed by atoms with Crippen molar-refractivity contribution in [3.63, 3.8) is 0 Å². The largest absolute Gasteiger partial charge is 0.471 e. The number of rotatable bonds is 5. The molecule has 1 aliphatic heterocycles. The Bertz CT molecular complexity index is 549. The van der Waals surface area contributed by atoms with Crippen LogP contribution in [-0.4, -0.2) is 66.5 Å². The minimum atomic E-state index is -0.212. The number of aromatic nitrogens is 2. The summed E-state index contributed by atoms with van der Waals surface area (Å²) < 4.78 is 5.79. The van der Waals surface area contributed by atoms with E-state index in [0.717, 1.165) is 6.42 Å². The van der Waals surface area contributed by atoms with E-state index in [1.165, 1.54) is 6.92 Å². The molecule has 0 saturated carbocycles. The third kappa shape index (κ3) is 4.31. The SMILES string of the molecule is CC(=O)NCC(=O)N1CC[C@H](Oc2cncc(N(C)C)n2)C1. The second kappa shape index (κ2) is 7.06. The molecule has 8 nitrogen and oxygen atoms in total. The predicted octanol–water partition coefficient (Wildman–Crippen LogP) is -0.342. The fourth-order valence-electron chi connectivity index (χ4n) is 2.14. The number of hydrogen-bond donors (Lipinski definition) is 1. The van der Waals surface area contributed by atoms with Gasteiger partial charge < -0.3 is 19.9 Å². The Morgan fingerprint density at radius 2 is 2.23 bits per heavy atom. The van der Waals surface area contributed by atoms with Crippen molar-refractivity contribution in [1.82, 2.24) is 20.2 Å². The first-order valence-electron chi connectivity index (χ1n) is 7.14. The number of hydrogen-bond acceptors (Lipinski definition) is 6. The van der Waals surface area contributed by atoms with Crippen LogP contribution in [0.25, 0.3) is 0 Å². The monoisotopic (exact) mass is 307 g/mol. The van der Waals surface area contributed by atoms with Crippen LogP contribution in [-0.2, 0) is 9.59 Å². The summed E-state index contributed by atoms with van der Waals surface area (Å²) in [5.74, 6) is 0.854. The number of nitrogens with one attached hydrogen (secondary N) is 1. The summed E-state index contributed by atoms with van der Waals surface area (Å²) in [4.78, 5) is 34.7. The zero-order valence-electron chi connectivity index (χ0n) is 13.1. The lowest BCUT2D eigenvalue weighted by Gasteiger charge is -2.17. The maximum Gasteiger partial charge on any atom is 0.242 e. The second-order valence-corrected chi connectivity index (χ2v) is 5.39. The molecule has 2 heterocycles. The first-order valence-corrected chi connectivity index (χ1v) is 7.14. The third-order valence-electron chi connectivity index (χ3n) is 3.33. The summed E-state index contributed by atoms with van der Waals surface area (Å²) in [5, 5.41) is 2.51. The van der Waals surface area contributed by atoms with Crippen LogP contribution in [0, 0.1) is 0 Å². The van der Waals surface area contributed by atoms with Gasteiger partial charge in [-0.2, -0.15) is 4.98 Å². The van der Waals surface area contributed by atoms with E-state index in [2.05, 4.69) is 15.3 Å². The van der Waals surface area contributed by atoms with Crippen LogP contribution in [0.3, 0.4) is 0 Å². The van der Waals surface area contributed by atoms with E-state index in [1.807, 2.05) is 19.0 Å². The summed E-state index contributed by atoms with van der Waals surface area (Å²) in [7, 11) is 3.76. The second-order valence-electron chi connectivity index (χ2n) is 5.39. The Hall–Kier alpha value is -2.38. The number of anilines is 1. The quantitative estimate of drug-likeness (QED) is 0.800. The molecular formula is C14H21N5O3. The Morgan fingerprint density at radius 3 is 2.91 bits per heavy atom. The van der Waals surface area contributed by atoms with E-state index >= 15 is 0 Å². The molecular weight excluding hydrogens is 286 g/mol. The molecule has 2 amide bonds. The normalized spacial score (nSPS) is 17.2. The Balaban J connectivity index is 1.87. The summed E-state index contributed by atoms with van der Waals surface area (Å²) in [5.41, 5.74) is 0. The standard InChI is InChI=1S/C14H21N5O3/c1-10(20)16-8-14(21)19-5-4-11(9-19)22-13-7-15-6-12(17-13)18(2)3/h6-7,11H,4-5,8-9H2,1-3H3,(H,16,20)/t11-/m0/s1. The summed E-state index contributed by atoms with van der Waals surface area (Å²) in [6.07, 6.45) is 3.85. The van der Waals surface area contributed by atoms with Gasteiger partial charge in [0.05, 0.1) is 25.5 Å². The Morgan fingerprint density at radius 1 is 1.45 bits per heavy atom. The zero-order valence-corrected chi connectivity index (χ0v) is 13.1. The molecule has 1 aromatic rings. The molecule has 0 radical (unpaired) electrons. The molecule has 1 fully saturated rings. The molecule has 1 aliphatic rings. The molecule has 0 unspecified atom stereocenters. The fraction of sp³-hybridized carbons (Fsp3) is 0.571. The van der Waals surface area contributed by atoms with Gasteiger partial charge in [0.25, 0.3) is 0 Å². The van der Waals surface area contributed by atoms with Crippen molar-refractivity contribution < 1.29 is 14.3 Å². The van der Waals surface area contributed by atoms with Crippen LogP contribution in [0.1, 0.15) is 13.3 Å². The predicted molar refractivity (Wildman–Crippen MR) is 80.7 cm³/mol. The van der Waals surface area contributed by atoms with Gasteiger partial charge in [0, 0.05) is 34.0 Å². The molecule has 1 saturated heterocycles. The number of ether oxygens (including phenoxy) is 1. The lowest BCUT2D eigenvalue weighted by atomic mass is 10.3. The average Bonchev–Trinajstić information content (AvgIpc) is 2.93. The Labute approximate surface area is 129 Å². The van der Waals surface area contributed by atoms with Crippen LogP contribution in [0.2, 0.25) is 0 Å². The van der Waals surface area contributed by atoms with Crippen molar-refractivity contribution in [3.8, 4) is 5.88 Å².